The summed E-state index contributed by atoms with van der Waals surface area (Å²) in [5.74, 6) is 0.703. The van der Waals surface area contributed by atoms with Crippen molar-refractivity contribution in [2.45, 2.75) is 6.92 Å². The van der Waals surface area contributed by atoms with E-state index in [1.807, 2.05) is 6.92 Å². The van der Waals surface area contributed by atoms with Crippen LogP contribution in [0.4, 0.5) is 11.5 Å². The molecule has 2 aromatic rings. The van der Waals surface area contributed by atoms with E-state index in [4.69, 9.17) is 0 Å². The summed E-state index contributed by atoms with van der Waals surface area (Å²) in [5.41, 5.74) is -0.114. The van der Waals surface area contributed by atoms with E-state index >= 15 is 0 Å². The van der Waals surface area contributed by atoms with Gasteiger partial charge in [0.2, 0.25) is 5.82 Å². The third kappa shape index (κ3) is 2.19. The number of nitrogens with zero attached hydrogens (tertiary/aromatic N) is 5. The summed E-state index contributed by atoms with van der Waals surface area (Å²) in [6, 6.07) is 2.95. The zero-order chi connectivity index (χ0) is 12.3. The van der Waals surface area contributed by atoms with Gasteiger partial charge in [0.15, 0.2) is 0 Å². The molecule has 0 radical (unpaired) electrons. The molecule has 0 aliphatic rings. The summed E-state index contributed by atoms with van der Waals surface area (Å²) >= 11 is 0. The predicted molar refractivity (Wildman–Crippen MR) is 60.0 cm³/mol. The van der Waals surface area contributed by atoms with Crippen LogP contribution in [0, 0.1) is 10.1 Å². The smallest absolute Gasteiger partial charge is 0.313 e. The molecular weight excluding hydrogens is 224 g/mol. The van der Waals surface area contributed by atoms with Crippen LogP contribution in [-0.2, 0) is 0 Å². The molecule has 2 heterocycles. The van der Waals surface area contributed by atoms with Crippen molar-refractivity contribution in [1.82, 2.24) is 19.7 Å². The van der Waals surface area contributed by atoms with Crippen LogP contribution in [0.3, 0.4) is 0 Å². The topological polar surface area (TPSA) is 98.8 Å². The molecule has 17 heavy (non-hydrogen) atoms. The van der Waals surface area contributed by atoms with Crippen LogP contribution < -0.4 is 5.32 Å². The van der Waals surface area contributed by atoms with E-state index in [2.05, 4.69) is 20.4 Å². The van der Waals surface area contributed by atoms with Crippen molar-refractivity contribution in [2.75, 3.05) is 11.9 Å². The van der Waals surface area contributed by atoms with Crippen LogP contribution in [-0.4, -0.2) is 31.2 Å². The predicted octanol–water partition coefficient (Wildman–Crippen LogP) is 1.00. The summed E-state index contributed by atoms with van der Waals surface area (Å²) in [4.78, 5) is 18.2. The number of nitro groups is 1. The molecule has 2 aromatic heterocycles. The molecule has 0 saturated heterocycles. The Morgan fingerprint density at radius 1 is 1.53 bits per heavy atom. The van der Waals surface area contributed by atoms with Crippen LogP contribution in [0.5, 0.6) is 0 Å². The van der Waals surface area contributed by atoms with Gasteiger partial charge in [-0.2, -0.15) is 9.78 Å². The Morgan fingerprint density at radius 2 is 2.35 bits per heavy atom. The average molecular weight is 234 g/mol. The highest BCUT2D eigenvalue weighted by molar-refractivity contribution is 5.52. The molecule has 1 N–H and O–H groups in total. The lowest BCUT2D eigenvalue weighted by molar-refractivity contribution is -0.384. The van der Waals surface area contributed by atoms with Gasteiger partial charge in [0, 0.05) is 12.6 Å². The van der Waals surface area contributed by atoms with Gasteiger partial charge in [-0.25, -0.2) is 9.97 Å². The van der Waals surface area contributed by atoms with E-state index < -0.39 is 4.92 Å². The van der Waals surface area contributed by atoms with Crippen molar-refractivity contribution in [3.8, 4) is 5.82 Å². The van der Waals surface area contributed by atoms with Crippen LogP contribution in [0.15, 0.2) is 24.8 Å². The molecule has 0 aliphatic heterocycles. The third-order valence-electron chi connectivity index (χ3n) is 2.04. The Labute approximate surface area is 96.5 Å². The highest BCUT2D eigenvalue weighted by Gasteiger charge is 2.18. The zero-order valence-electron chi connectivity index (χ0n) is 9.07. The number of hydrogen-bond donors (Lipinski definition) is 1. The van der Waals surface area contributed by atoms with Gasteiger partial charge in [-0.05, 0) is 13.0 Å². The van der Waals surface area contributed by atoms with Gasteiger partial charge in [0.1, 0.15) is 18.5 Å². The van der Waals surface area contributed by atoms with E-state index in [1.54, 1.807) is 6.07 Å². The minimum atomic E-state index is -0.500. The van der Waals surface area contributed by atoms with Crippen molar-refractivity contribution in [3.63, 3.8) is 0 Å². The molecule has 2 rings (SSSR count). The fraction of sp³-hybridized carbons (Fsp3) is 0.222. The van der Waals surface area contributed by atoms with Crippen LogP contribution in [0.25, 0.3) is 5.82 Å². The van der Waals surface area contributed by atoms with Gasteiger partial charge < -0.3 is 5.32 Å². The van der Waals surface area contributed by atoms with Crippen LogP contribution in [0.1, 0.15) is 6.92 Å². The molecule has 0 saturated carbocycles. The maximum atomic E-state index is 10.9. The SMILES string of the molecule is CCNc1ccc([N+](=O)[O-])c(-n2cncn2)n1. The first-order valence-electron chi connectivity index (χ1n) is 4.96. The third-order valence-corrected chi connectivity index (χ3v) is 2.04. The summed E-state index contributed by atoms with van der Waals surface area (Å²) in [6.07, 6.45) is 2.66. The normalized spacial score (nSPS) is 10.2. The number of pyridine rings is 1. The number of nitrogens with one attached hydrogen (secondary N) is 1. The molecule has 0 spiro atoms. The first kappa shape index (κ1) is 11.0. The maximum absolute atomic E-state index is 10.9. The van der Waals surface area contributed by atoms with Gasteiger partial charge >= 0.3 is 5.69 Å². The Morgan fingerprint density at radius 3 is 2.94 bits per heavy atom. The van der Waals surface area contributed by atoms with Crippen molar-refractivity contribution in [1.29, 1.82) is 0 Å². The first-order valence-corrected chi connectivity index (χ1v) is 4.96. The number of anilines is 1. The van der Waals surface area contributed by atoms with E-state index in [-0.39, 0.29) is 11.5 Å². The van der Waals surface area contributed by atoms with Crippen LogP contribution in [0.2, 0.25) is 0 Å². The highest BCUT2D eigenvalue weighted by Crippen LogP contribution is 2.21. The van der Waals surface area contributed by atoms with E-state index in [0.29, 0.717) is 12.4 Å². The highest BCUT2D eigenvalue weighted by atomic mass is 16.6. The fourth-order valence-corrected chi connectivity index (χ4v) is 1.35. The number of aromatic nitrogens is 4. The Bertz CT molecular complexity index is 524. The van der Waals surface area contributed by atoms with Gasteiger partial charge in [-0.1, -0.05) is 0 Å². The molecule has 0 amide bonds. The van der Waals surface area contributed by atoms with E-state index in [0.717, 1.165) is 0 Å². The monoisotopic (exact) mass is 234 g/mol. The minimum Gasteiger partial charge on any atom is -0.370 e. The second-order valence-electron chi connectivity index (χ2n) is 3.17. The lowest BCUT2D eigenvalue weighted by Crippen LogP contribution is -2.07. The summed E-state index contributed by atoms with van der Waals surface area (Å²) in [7, 11) is 0. The Kier molecular flexibility index (Phi) is 2.95. The lowest BCUT2D eigenvalue weighted by atomic mass is 10.3. The van der Waals surface area contributed by atoms with E-state index in [1.165, 1.54) is 23.4 Å². The second-order valence-corrected chi connectivity index (χ2v) is 3.17. The van der Waals surface area contributed by atoms with Gasteiger partial charge in [0.25, 0.3) is 0 Å². The maximum Gasteiger partial charge on any atom is 0.313 e. The molecule has 8 heteroatoms. The summed E-state index contributed by atoms with van der Waals surface area (Å²) in [6.45, 7) is 2.60. The van der Waals surface area contributed by atoms with Crippen molar-refractivity contribution >= 4 is 11.5 Å². The second kappa shape index (κ2) is 4.56. The molecule has 0 bridgehead atoms. The molecule has 0 unspecified atom stereocenters. The fourth-order valence-electron chi connectivity index (χ4n) is 1.35. The molecule has 0 atom stereocenters. The first-order chi connectivity index (χ1) is 8.22. The minimum absolute atomic E-state index is 0.114. The molecular formula is C9H10N6O2. The van der Waals surface area contributed by atoms with Gasteiger partial charge in [0.05, 0.1) is 4.92 Å². The van der Waals surface area contributed by atoms with Gasteiger partial charge in [-0.3, -0.25) is 10.1 Å². The Hall–Kier alpha value is -2.51. The van der Waals surface area contributed by atoms with Crippen molar-refractivity contribution in [2.24, 2.45) is 0 Å². The molecule has 0 aromatic carbocycles. The standard InChI is InChI=1S/C9H10N6O2/c1-2-11-8-4-3-7(15(16)17)9(13-8)14-6-10-5-12-14/h3-6H,2H2,1H3,(H,11,13). The van der Waals surface area contributed by atoms with Gasteiger partial charge in [-0.15, -0.1) is 0 Å². The molecule has 0 aliphatic carbocycles. The van der Waals surface area contributed by atoms with Crippen molar-refractivity contribution < 1.29 is 4.92 Å². The molecule has 88 valence electrons. The zero-order valence-corrected chi connectivity index (χ0v) is 9.07. The number of hydrogen-bond acceptors (Lipinski definition) is 6. The molecule has 0 fully saturated rings. The van der Waals surface area contributed by atoms with Crippen LogP contribution >= 0.6 is 0 Å². The average Bonchev–Trinajstić information content (AvgIpc) is 2.82. The largest absolute Gasteiger partial charge is 0.370 e. The Balaban J connectivity index is 2.52. The van der Waals surface area contributed by atoms with E-state index in [9.17, 15) is 10.1 Å². The summed E-state index contributed by atoms with van der Waals surface area (Å²) < 4.78 is 1.26. The lowest BCUT2D eigenvalue weighted by Gasteiger charge is -2.05. The summed E-state index contributed by atoms with van der Waals surface area (Å²) in [5, 5.41) is 17.7. The molecule has 8 nitrogen and oxygen atoms in total. The van der Waals surface area contributed by atoms with Crippen molar-refractivity contribution in [3.05, 3.63) is 34.9 Å². The quantitative estimate of drug-likeness (QED) is 0.625. The number of rotatable bonds is 4.